The van der Waals surface area contributed by atoms with Gasteiger partial charge in [0.1, 0.15) is 0 Å². The van der Waals surface area contributed by atoms with Crippen molar-refractivity contribution in [3.05, 3.63) is 48.0 Å². The van der Waals surface area contributed by atoms with Crippen molar-refractivity contribution < 1.29 is 9.90 Å². The largest absolute Gasteiger partial charge is 0.391 e. The molecule has 1 atom stereocenters. The third-order valence-electron chi connectivity index (χ3n) is 3.72. The maximum absolute atomic E-state index is 12.1. The van der Waals surface area contributed by atoms with Crippen LogP contribution in [-0.4, -0.2) is 23.7 Å². The first-order valence-corrected chi connectivity index (χ1v) is 7.29. The van der Waals surface area contributed by atoms with E-state index in [0.717, 1.165) is 16.3 Å². The summed E-state index contributed by atoms with van der Waals surface area (Å²) >= 11 is 0. The van der Waals surface area contributed by atoms with Crippen molar-refractivity contribution in [2.45, 2.75) is 33.3 Å². The van der Waals surface area contributed by atoms with Crippen LogP contribution in [0.3, 0.4) is 0 Å². The number of nitrogens with one attached hydrogen (secondary N) is 1. The van der Waals surface area contributed by atoms with E-state index >= 15 is 0 Å². The molecule has 1 unspecified atom stereocenters. The molecule has 2 rings (SSSR count). The van der Waals surface area contributed by atoms with Gasteiger partial charge in [0.05, 0.1) is 12.5 Å². The summed E-state index contributed by atoms with van der Waals surface area (Å²) in [5.41, 5.74) is 0.781. The standard InChI is InChI=1S/C18H23NO2/c1-18(2,3)16(20)12-19-17(21)11-14-9-6-8-13-7-4-5-10-15(13)14/h4-10,16,20H,11-12H2,1-3H3,(H,19,21). The number of fused-ring (bicyclic) bond motifs is 1. The lowest BCUT2D eigenvalue weighted by molar-refractivity contribution is -0.121. The second-order valence-electron chi connectivity index (χ2n) is 6.50. The van der Waals surface area contributed by atoms with Crippen LogP contribution >= 0.6 is 0 Å². The summed E-state index contributed by atoms with van der Waals surface area (Å²) in [5, 5.41) is 15.0. The first-order chi connectivity index (χ1) is 9.88. The molecule has 0 aromatic heterocycles. The molecule has 0 aliphatic heterocycles. The topological polar surface area (TPSA) is 49.3 Å². The van der Waals surface area contributed by atoms with Crippen molar-refractivity contribution in [3.63, 3.8) is 0 Å². The van der Waals surface area contributed by atoms with E-state index in [1.807, 2.05) is 63.2 Å². The quantitative estimate of drug-likeness (QED) is 0.907. The number of hydrogen-bond donors (Lipinski definition) is 2. The molecule has 3 nitrogen and oxygen atoms in total. The maximum Gasteiger partial charge on any atom is 0.224 e. The van der Waals surface area contributed by atoms with E-state index in [1.54, 1.807) is 0 Å². The lowest BCUT2D eigenvalue weighted by Gasteiger charge is -2.25. The van der Waals surface area contributed by atoms with Crippen LogP contribution < -0.4 is 5.32 Å². The van der Waals surface area contributed by atoms with Gasteiger partial charge >= 0.3 is 0 Å². The molecule has 2 aromatic rings. The molecule has 0 saturated carbocycles. The zero-order valence-corrected chi connectivity index (χ0v) is 12.9. The molecule has 0 saturated heterocycles. The fourth-order valence-corrected chi connectivity index (χ4v) is 2.20. The number of aliphatic hydroxyl groups is 1. The number of amides is 1. The Morgan fingerprint density at radius 3 is 2.52 bits per heavy atom. The van der Waals surface area contributed by atoms with Crippen LogP contribution in [0, 0.1) is 5.41 Å². The van der Waals surface area contributed by atoms with Crippen LogP contribution in [0.4, 0.5) is 0 Å². The van der Waals surface area contributed by atoms with Gasteiger partial charge in [0, 0.05) is 6.54 Å². The highest BCUT2D eigenvalue weighted by Crippen LogP contribution is 2.20. The highest BCUT2D eigenvalue weighted by atomic mass is 16.3. The van der Waals surface area contributed by atoms with Crippen molar-refractivity contribution >= 4 is 16.7 Å². The van der Waals surface area contributed by atoms with E-state index in [2.05, 4.69) is 5.32 Å². The van der Waals surface area contributed by atoms with Crippen molar-refractivity contribution in [1.29, 1.82) is 0 Å². The number of aliphatic hydroxyl groups excluding tert-OH is 1. The van der Waals surface area contributed by atoms with Crippen LogP contribution in [0.5, 0.6) is 0 Å². The van der Waals surface area contributed by atoms with Crippen LogP contribution in [-0.2, 0) is 11.2 Å². The Balaban J connectivity index is 2.02. The zero-order chi connectivity index (χ0) is 15.5. The fourth-order valence-electron chi connectivity index (χ4n) is 2.20. The van der Waals surface area contributed by atoms with E-state index in [9.17, 15) is 9.90 Å². The Morgan fingerprint density at radius 2 is 1.81 bits per heavy atom. The summed E-state index contributed by atoms with van der Waals surface area (Å²) in [6, 6.07) is 14.0. The van der Waals surface area contributed by atoms with Crippen LogP contribution in [0.1, 0.15) is 26.3 Å². The average Bonchev–Trinajstić information content (AvgIpc) is 2.44. The molecule has 0 aliphatic rings. The smallest absolute Gasteiger partial charge is 0.224 e. The molecule has 0 fully saturated rings. The second-order valence-corrected chi connectivity index (χ2v) is 6.50. The fraction of sp³-hybridized carbons (Fsp3) is 0.389. The molecule has 0 heterocycles. The van der Waals surface area contributed by atoms with Crippen LogP contribution in [0.15, 0.2) is 42.5 Å². The van der Waals surface area contributed by atoms with Gasteiger partial charge in [-0.25, -0.2) is 0 Å². The first kappa shape index (κ1) is 15.5. The minimum Gasteiger partial charge on any atom is -0.391 e. The number of hydrogen-bond acceptors (Lipinski definition) is 2. The Morgan fingerprint density at radius 1 is 1.14 bits per heavy atom. The van der Waals surface area contributed by atoms with Gasteiger partial charge in [-0.2, -0.15) is 0 Å². The van der Waals surface area contributed by atoms with Gasteiger partial charge in [-0.05, 0) is 21.8 Å². The molecule has 2 aromatic carbocycles. The zero-order valence-electron chi connectivity index (χ0n) is 12.9. The Bertz CT molecular complexity index is 623. The van der Waals surface area contributed by atoms with Gasteiger partial charge in [0.2, 0.25) is 5.91 Å². The van der Waals surface area contributed by atoms with Gasteiger partial charge < -0.3 is 10.4 Å². The third kappa shape index (κ3) is 4.05. The molecule has 1 amide bonds. The Labute approximate surface area is 126 Å². The number of carbonyl (C=O) groups is 1. The number of rotatable bonds is 4. The van der Waals surface area contributed by atoms with Crippen molar-refractivity contribution in [2.24, 2.45) is 5.41 Å². The molecule has 21 heavy (non-hydrogen) atoms. The molecule has 0 radical (unpaired) electrons. The van der Waals surface area contributed by atoms with Gasteiger partial charge in [-0.1, -0.05) is 63.2 Å². The van der Waals surface area contributed by atoms with Crippen LogP contribution in [0.25, 0.3) is 10.8 Å². The summed E-state index contributed by atoms with van der Waals surface area (Å²) in [6.07, 6.45) is -0.216. The lowest BCUT2D eigenvalue weighted by atomic mass is 9.89. The second kappa shape index (κ2) is 6.27. The maximum atomic E-state index is 12.1. The number of benzene rings is 2. The van der Waals surface area contributed by atoms with E-state index in [4.69, 9.17) is 0 Å². The van der Waals surface area contributed by atoms with Gasteiger partial charge in [0.15, 0.2) is 0 Å². The molecule has 112 valence electrons. The number of carbonyl (C=O) groups excluding carboxylic acids is 1. The monoisotopic (exact) mass is 285 g/mol. The minimum absolute atomic E-state index is 0.0605. The normalized spacial score (nSPS) is 13.1. The molecule has 0 aliphatic carbocycles. The highest BCUT2D eigenvalue weighted by molar-refractivity contribution is 5.90. The molecule has 0 bridgehead atoms. The minimum atomic E-state index is -0.547. The summed E-state index contributed by atoms with van der Waals surface area (Å²) in [5.74, 6) is -0.0605. The van der Waals surface area contributed by atoms with Gasteiger partial charge in [-0.15, -0.1) is 0 Å². The van der Waals surface area contributed by atoms with E-state index < -0.39 is 6.10 Å². The Hall–Kier alpha value is -1.87. The SMILES string of the molecule is CC(C)(C)C(O)CNC(=O)Cc1cccc2ccccc12. The molecule has 2 N–H and O–H groups in total. The predicted molar refractivity (Wildman–Crippen MR) is 86.1 cm³/mol. The molecular formula is C18H23NO2. The van der Waals surface area contributed by atoms with E-state index in [-0.39, 0.29) is 17.9 Å². The predicted octanol–water partition coefficient (Wildman–Crippen LogP) is 2.91. The highest BCUT2D eigenvalue weighted by Gasteiger charge is 2.22. The van der Waals surface area contributed by atoms with Crippen molar-refractivity contribution in [1.82, 2.24) is 5.32 Å². The van der Waals surface area contributed by atoms with Gasteiger partial charge in [-0.3, -0.25) is 4.79 Å². The summed E-state index contributed by atoms with van der Waals surface area (Å²) in [6.45, 7) is 6.14. The average molecular weight is 285 g/mol. The summed E-state index contributed by atoms with van der Waals surface area (Å²) < 4.78 is 0. The molecule has 3 heteroatoms. The van der Waals surface area contributed by atoms with Gasteiger partial charge in [0.25, 0.3) is 0 Å². The summed E-state index contributed by atoms with van der Waals surface area (Å²) in [4.78, 5) is 12.1. The van der Waals surface area contributed by atoms with E-state index in [0.29, 0.717) is 6.42 Å². The molecular weight excluding hydrogens is 262 g/mol. The third-order valence-corrected chi connectivity index (χ3v) is 3.72. The van der Waals surface area contributed by atoms with E-state index in [1.165, 1.54) is 0 Å². The summed E-state index contributed by atoms with van der Waals surface area (Å²) in [7, 11) is 0. The molecule has 0 spiro atoms. The van der Waals surface area contributed by atoms with Crippen LogP contribution in [0.2, 0.25) is 0 Å². The van der Waals surface area contributed by atoms with Crippen molar-refractivity contribution in [3.8, 4) is 0 Å². The lowest BCUT2D eigenvalue weighted by Crippen LogP contribution is -2.39. The first-order valence-electron chi connectivity index (χ1n) is 7.29. The van der Waals surface area contributed by atoms with Crippen molar-refractivity contribution in [2.75, 3.05) is 6.54 Å². The Kier molecular flexibility index (Phi) is 4.63.